The van der Waals surface area contributed by atoms with Crippen molar-refractivity contribution in [1.29, 1.82) is 0 Å². The summed E-state index contributed by atoms with van der Waals surface area (Å²) in [4.78, 5) is 18.0. The Hall–Kier alpha value is -1.62. The molecule has 0 saturated carbocycles. The van der Waals surface area contributed by atoms with Gasteiger partial charge in [0.25, 0.3) is 5.91 Å². The normalized spacial score (nSPS) is 24.0. The summed E-state index contributed by atoms with van der Waals surface area (Å²) < 4.78 is 0. The topological polar surface area (TPSA) is 79.5 Å². The lowest BCUT2D eigenvalue weighted by atomic mass is 9.90. The SMILES string of the molecule is CC1CCCN(C(=O)c2ccncc2O)C1CN. The van der Waals surface area contributed by atoms with Gasteiger partial charge in [-0.1, -0.05) is 6.92 Å². The minimum absolute atomic E-state index is 0.0545. The average molecular weight is 249 g/mol. The standard InChI is InChI=1S/C13H19N3O2/c1-9-3-2-6-16(11(9)7-14)13(18)10-4-5-15-8-12(10)17/h4-5,8-9,11,17H,2-3,6-7,14H2,1H3. The predicted molar refractivity (Wildman–Crippen MR) is 68.2 cm³/mol. The molecule has 0 aliphatic carbocycles. The fourth-order valence-corrected chi connectivity index (χ4v) is 2.58. The van der Waals surface area contributed by atoms with Crippen molar-refractivity contribution in [2.75, 3.05) is 13.1 Å². The van der Waals surface area contributed by atoms with Crippen LogP contribution in [-0.4, -0.2) is 40.0 Å². The van der Waals surface area contributed by atoms with Crippen molar-refractivity contribution in [1.82, 2.24) is 9.88 Å². The number of rotatable bonds is 2. The molecule has 98 valence electrons. The van der Waals surface area contributed by atoms with Gasteiger partial charge in [0.2, 0.25) is 0 Å². The third kappa shape index (κ3) is 2.31. The van der Waals surface area contributed by atoms with E-state index in [1.165, 1.54) is 12.4 Å². The number of aromatic hydroxyl groups is 1. The molecule has 2 rings (SSSR count). The minimum Gasteiger partial charge on any atom is -0.505 e. The summed E-state index contributed by atoms with van der Waals surface area (Å²) in [5, 5.41) is 9.70. The van der Waals surface area contributed by atoms with E-state index < -0.39 is 0 Å². The summed E-state index contributed by atoms with van der Waals surface area (Å²) >= 11 is 0. The van der Waals surface area contributed by atoms with Crippen LogP contribution in [0.3, 0.4) is 0 Å². The van der Waals surface area contributed by atoms with Gasteiger partial charge in [-0.3, -0.25) is 9.78 Å². The van der Waals surface area contributed by atoms with Gasteiger partial charge in [-0.15, -0.1) is 0 Å². The van der Waals surface area contributed by atoms with Crippen molar-refractivity contribution in [2.24, 2.45) is 11.7 Å². The maximum atomic E-state index is 12.4. The van der Waals surface area contributed by atoms with Crippen molar-refractivity contribution in [3.63, 3.8) is 0 Å². The number of nitrogens with zero attached hydrogens (tertiary/aromatic N) is 2. The number of aromatic nitrogens is 1. The molecule has 5 nitrogen and oxygen atoms in total. The number of nitrogens with two attached hydrogens (primary N) is 1. The van der Waals surface area contributed by atoms with E-state index in [2.05, 4.69) is 11.9 Å². The largest absolute Gasteiger partial charge is 0.505 e. The summed E-state index contributed by atoms with van der Waals surface area (Å²) in [7, 11) is 0. The number of piperidine rings is 1. The molecule has 0 spiro atoms. The lowest BCUT2D eigenvalue weighted by molar-refractivity contribution is 0.0529. The van der Waals surface area contributed by atoms with Gasteiger partial charge in [-0.25, -0.2) is 0 Å². The van der Waals surface area contributed by atoms with Crippen LogP contribution in [0.25, 0.3) is 0 Å². The number of carbonyl (C=O) groups excluding carboxylic acids is 1. The number of hydrogen-bond acceptors (Lipinski definition) is 4. The third-order valence-electron chi connectivity index (χ3n) is 3.65. The van der Waals surface area contributed by atoms with Gasteiger partial charge in [-0.2, -0.15) is 0 Å². The predicted octanol–water partition coefficient (Wildman–Crippen LogP) is 0.987. The lowest BCUT2D eigenvalue weighted by Gasteiger charge is -2.39. The van der Waals surface area contributed by atoms with Crippen molar-refractivity contribution in [2.45, 2.75) is 25.8 Å². The molecule has 1 fully saturated rings. The number of carbonyl (C=O) groups is 1. The average Bonchev–Trinajstić information content (AvgIpc) is 2.38. The molecule has 1 aromatic rings. The van der Waals surface area contributed by atoms with Gasteiger partial charge in [0.15, 0.2) is 0 Å². The Labute approximate surface area is 107 Å². The minimum atomic E-state index is -0.156. The molecule has 3 N–H and O–H groups in total. The Balaban J connectivity index is 2.25. The van der Waals surface area contributed by atoms with Crippen LogP contribution in [-0.2, 0) is 0 Å². The molecule has 0 aromatic carbocycles. The van der Waals surface area contributed by atoms with Crippen LogP contribution in [0.5, 0.6) is 5.75 Å². The van der Waals surface area contributed by atoms with Crippen molar-refractivity contribution < 1.29 is 9.90 Å². The zero-order valence-electron chi connectivity index (χ0n) is 10.5. The van der Waals surface area contributed by atoms with Gasteiger partial charge in [0.1, 0.15) is 5.75 Å². The first-order valence-electron chi connectivity index (χ1n) is 6.29. The molecule has 0 bridgehead atoms. The molecule has 18 heavy (non-hydrogen) atoms. The highest BCUT2D eigenvalue weighted by molar-refractivity contribution is 5.96. The highest BCUT2D eigenvalue weighted by atomic mass is 16.3. The number of likely N-dealkylation sites (tertiary alicyclic amines) is 1. The molecule has 2 unspecified atom stereocenters. The van der Waals surface area contributed by atoms with E-state index in [-0.39, 0.29) is 17.7 Å². The monoisotopic (exact) mass is 249 g/mol. The molecule has 0 radical (unpaired) electrons. The number of amides is 1. The molecule has 1 saturated heterocycles. The van der Waals surface area contributed by atoms with E-state index in [1.807, 2.05) is 0 Å². The van der Waals surface area contributed by atoms with Crippen LogP contribution in [0.4, 0.5) is 0 Å². The molecule has 1 aromatic heterocycles. The van der Waals surface area contributed by atoms with E-state index in [1.54, 1.807) is 11.0 Å². The molecular formula is C13H19N3O2. The van der Waals surface area contributed by atoms with Crippen molar-refractivity contribution >= 4 is 5.91 Å². The van der Waals surface area contributed by atoms with Gasteiger partial charge >= 0.3 is 0 Å². The molecule has 1 amide bonds. The molecule has 2 atom stereocenters. The van der Waals surface area contributed by atoms with Crippen molar-refractivity contribution in [3.05, 3.63) is 24.0 Å². The molecule has 1 aliphatic rings. The summed E-state index contributed by atoms with van der Waals surface area (Å²) in [5.74, 6) is 0.171. The maximum absolute atomic E-state index is 12.4. The highest BCUT2D eigenvalue weighted by Gasteiger charge is 2.32. The summed E-state index contributed by atoms with van der Waals surface area (Å²) in [6.07, 6.45) is 4.87. The van der Waals surface area contributed by atoms with Gasteiger partial charge in [-0.05, 0) is 24.8 Å². The number of hydrogen-bond donors (Lipinski definition) is 2. The van der Waals surface area contributed by atoms with E-state index >= 15 is 0 Å². The second-order valence-corrected chi connectivity index (χ2v) is 4.81. The van der Waals surface area contributed by atoms with Crippen LogP contribution in [0, 0.1) is 5.92 Å². The quantitative estimate of drug-likeness (QED) is 0.819. The molecule has 2 heterocycles. The zero-order valence-corrected chi connectivity index (χ0v) is 10.5. The fourth-order valence-electron chi connectivity index (χ4n) is 2.58. The molecular weight excluding hydrogens is 230 g/mol. The van der Waals surface area contributed by atoms with E-state index in [0.29, 0.717) is 24.6 Å². The second kappa shape index (κ2) is 5.35. The first kappa shape index (κ1) is 12.8. The fraction of sp³-hybridized carbons (Fsp3) is 0.538. The first-order valence-corrected chi connectivity index (χ1v) is 6.29. The van der Waals surface area contributed by atoms with Crippen molar-refractivity contribution in [3.8, 4) is 5.75 Å². The summed E-state index contributed by atoms with van der Waals surface area (Å²) in [6.45, 7) is 3.27. The summed E-state index contributed by atoms with van der Waals surface area (Å²) in [6, 6.07) is 1.60. The van der Waals surface area contributed by atoms with Gasteiger partial charge in [0.05, 0.1) is 11.8 Å². The Kier molecular flexibility index (Phi) is 3.81. The van der Waals surface area contributed by atoms with Crippen LogP contribution in [0.15, 0.2) is 18.5 Å². The van der Waals surface area contributed by atoms with Crippen LogP contribution in [0.1, 0.15) is 30.1 Å². The van der Waals surface area contributed by atoms with E-state index in [4.69, 9.17) is 5.73 Å². The summed E-state index contributed by atoms with van der Waals surface area (Å²) in [5.41, 5.74) is 6.07. The maximum Gasteiger partial charge on any atom is 0.258 e. The van der Waals surface area contributed by atoms with Crippen LogP contribution < -0.4 is 5.73 Å². The Morgan fingerprint density at radius 2 is 2.44 bits per heavy atom. The smallest absolute Gasteiger partial charge is 0.258 e. The molecule has 1 aliphatic heterocycles. The third-order valence-corrected chi connectivity index (χ3v) is 3.65. The van der Waals surface area contributed by atoms with Gasteiger partial charge in [0, 0.05) is 25.3 Å². The zero-order chi connectivity index (χ0) is 13.1. The first-order chi connectivity index (χ1) is 8.65. The van der Waals surface area contributed by atoms with Crippen LogP contribution >= 0.6 is 0 Å². The lowest BCUT2D eigenvalue weighted by Crippen LogP contribution is -2.51. The Morgan fingerprint density at radius 3 is 3.11 bits per heavy atom. The van der Waals surface area contributed by atoms with E-state index in [9.17, 15) is 9.90 Å². The Bertz CT molecular complexity index is 436. The van der Waals surface area contributed by atoms with Gasteiger partial charge < -0.3 is 15.7 Å². The van der Waals surface area contributed by atoms with Crippen LogP contribution in [0.2, 0.25) is 0 Å². The molecule has 5 heteroatoms. The van der Waals surface area contributed by atoms with E-state index in [0.717, 1.165) is 12.8 Å². The number of pyridine rings is 1. The second-order valence-electron chi connectivity index (χ2n) is 4.81. The highest BCUT2D eigenvalue weighted by Crippen LogP contribution is 2.26. The Morgan fingerprint density at radius 1 is 1.67 bits per heavy atom.